The Morgan fingerprint density at radius 2 is 1.94 bits per heavy atom. The van der Waals surface area contributed by atoms with Crippen molar-refractivity contribution in [3.63, 3.8) is 0 Å². The van der Waals surface area contributed by atoms with Gasteiger partial charge < -0.3 is 24.1 Å². The number of aliphatic hydroxyl groups is 2. The molecule has 0 bridgehead atoms. The SMILES string of the molecule is Cc1c(C)n(C[C@@H](O)CN(CCCO)Cc2cccc(OCc3nccn3C)c2)c2ccccc12. The number of hydrogen-bond donors (Lipinski definition) is 2. The number of fused-ring (bicyclic) bond motifs is 1. The fourth-order valence-corrected chi connectivity index (χ4v) is 4.61. The number of nitrogens with zero attached hydrogens (tertiary/aromatic N) is 4. The van der Waals surface area contributed by atoms with Crippen molar-refractivity contribution >= 4 is 10.9 Å². The molecule has 35 heavy (non-hydrogen) atoms. The molecular formula is C28H36N4O3. The Bertz CT molecular complexity index is 1250. The van der Waals surface area contributed by atoms with E-state index in [9.17, 15) is 10.2 Å². The lowest BCUT2D eigenvalue weighted by atomic mass is 10.2. The summed E-state index contributed by atoms with van der Waals surface area (Å²) < 4.78 is 10.1. The Balaban J connectivity index is 1.42. The third-order valence-corrected chi connectivity index (χ3v) is 6.63. The zero-order valence-electron chi connectivity index (χ0n) is 20.9. The summed E-state index contributed by atoms with van der Waals surface area (Å²) in [5.74, 6) is 1.66. The molecule has 4 rings (SSSR count). The molecule has 0 saturated carbocycles. The van der Waals surface area contributed by atoms with Crippen molar-refractivity contribution in [2.24, 2.45) is 7.05 Å². The highest BCUT2D eigenvalue weighted by Gasteiger charge is 2.17. The van der Waals surface area contributed by atoms with E-state index in [-0.39, 0.29) is 6.61 Å². The highest BCUT2D eigenvalue weighted by atomic mass is 16.5. The van der Waals surface area contributed by atoms with Crippen LogP contribution < -0.4 is 4.74 Å². The molecule has 0 aliphatic rings. The monoisotopic (exact) mass is 476 g/mol. The van der Waals surface area contributed by atoms with E-state index in [4.69, 9.17) is 4.74 Å². The van der Waals surface area contributed by atoms with Gasteiger partial charge in [0.1, 0.15) is 18.2 Å². The zero-order valence-corrected chi connectivity index (χ0v) is 20.9. The van der Waals surface area contributed by atoms with Gasteiger partial charge in [0.2, 0.25) is 0 Å². The fraction of sp³-hybridized carbons (Fsp3) is 0.393. The lowest BCUT2D eigenvalue weighted by Gasteiger charge is -2.26. The molecule has 2 aromatic carbocycles. The molecule has 0 fully saturated rings. The van der Waals surface area contributed by atoms with Crippen LogP contribution in [0.5, 0.6) is 5.75 Å². The Morgan fingerprint density at radius 3 is 2.71 bits per heavy atom. The van der Waals surface area contributed by atoms with E-state index < -0.39 is 6.10 Å². The first-order chi connectivity index (χ1) is 17.0. The van der Waals surface area contributed by atoms with Crippen molar-refractivity contribution in [2.45, 2.75) is 46.1 Å². The van der Waals surface area contributed by atoms with E-state index in [0.717, 1.165) is 22.7 Å². The van der Waals surface area contributed by atoms with Crippen molar-refractivity contribution in [1.29, 1.82) is 0 Å². The number of aryl methyl sites for hydroxylation is 2. The van der Waals surface area contributed by atoms with Crippen LogP contribution in [0.4, 0.5) is 0 Å². The quantitative estimate of drug-likeness (QED) is 0.325. The molecule has 0 unspecified atom stereocenters. The number of hydrogen-bond acceptors (Lipinski definition) is 5. The second-order valence-electron chi connectivity index (χ2n) is 9.19. The Kier molecular flexibility index (Phi) is 8.23. The molecule has 186 valence electrons. The van der Waals surface area contributed by atoms with Crippen LogP contribution in [-0.4, -0.2) is 55.0 Å². The van der Waals surface area contributed by atoms with E-state index in [1.165, 1.54) is 16.6 Å². The minimum Gasteiger partial charge on any atom is -0.486 e. The maximum Gasteiger partial charge on any atom is 0.146 e. The first-order valence-corrected chi connectivity index (χ1v) is 12.2. The zero-order chi connectivity index (χ0) is 24.8. The molecule has 0 aliphatic heterocycles. The maximum absolute atomic E-state index is 11.1. The van der Waals surface area contributed by atoms with Crippen molar-refractivity contribution < 1.29 is 14.9 Å². The van der Waals surface area contributed by atoms with Gasteiger partial charge in [0.15, 0.2) is 0 Å². The lowest BCUT2D eigenvalue weighted by molar-refractivity contribution is 0.0908. The van der Waals surface area contributed by atoms with Gasteiger partial charge in [-0.15, -0.1) is 0 Å². The van der Waals surface area contributed by atoms with Crippen LogP contribution >= 0.6 is 0 Å². The van der Waals surface area contributed by atoms with Crippen molar-refractivity contribution in [3.05, 3.63) is 83.6 Å². The summed E-state index contributed by atoms with van der Waals surface area (Å²) in [5, 5.41) is 21.7. The van der Waals surface area contributed by atoms with Crippen LogP contribution in [-0.2, 0) is 26.7 Å². The van der Waals surface area contributed by atoms with Crippen molar-refractivity contribution in [2.75, 3.05) is 19.7 Å². The normalized spacial score (nSPS) is 12.5. The number of para-hydroxylation sites is 1. The van der Waals surface area contributed by atoms with Crippen molar-refractivity contribution in [1.82, 2.24) is 19.0 Å². The van der Waals surface area contributed by atoms with Gasteiger partial charge in [-0.1, -0.05) is 30.3 Å². The third-order valence-electron chi connectivity index (χ3n) is 6.63. The van der Waals surface area contributed by atoms with E-state index in [0.29, 0.717) is 39.2 Å². The van der Waals surface area contributed by atoms with Gasteiger partial charge in [-0.05, 0) is 49.6 Å². The molecule has 2 aromatic heterocycles. The van der Waals surface area contributed by atoms with Crippen LogP contribution in [0.3, 0.4) is 0 Å². The van der Waals surface area contributed by atoms with Crippen molar-refractivity contribution in [3.8, 4) is 5.75 Å². The summed E-state index contributed by atoms with van der Waals surface area (Å²) >= 11 is 0. The lowest BCUT2D eigenvalue weighted by Crippen LogP contribution is -2.35. The minimum atomic E-state index is -0.537. The topological polar surface area (TPSA) is 75.7 Å². The highest BCUT2D eigenvalue weighted by Crippen LogP contribution is 2.25. The second-order valence-corrected chi connectivity index (χ2v) is 9.19. The first-order valence-electron chi connectivity index (χ1n) is 12.2. The maximum atomic E-state index is 11.1. The second kappa shape index (κ2) is 11.5. The summed E-state index contributed by atoms with van der Waals surface area (Å²) in [7, 11) is 1.95. The van der Waals surface area contributed by atoms with Gasteiger partial charge in [-0.2, -0.15) is 0 Å². The Hall–Kier alpha value is -3.13. The largest absolute Gasteiger partial charge is 0.486 e. The molecule has 4 aromatic rings. The van der Waals surface area contributed by atoms with E-state index >= 15 is 0 Å². The van der Waals surface area contributed by atoms with Gasteiger partial charge in [-0.25, -0.2) is 4.98 Å². The highest BCUT2D eigenvalue weighted by molar-refractivity contribution is 5.85. The summed E-state index contributed by atoms with van der Waals surface area (Å²) in [6, 6.07) is 16.4. The van der Waals surface area contributed by atoms with E-state index in [1.54, 1.807) is 6.20 Å². The predicted octanol–water partition coefficient (Wildman–Crippen LogP) is 3.82. The fourth-order valence-electron chi connectivity index (χ4n) is 4.61. The van der Waals surface area contributed by atoms with Gasteiger partial charge >= 0.3 is 0 Å². The first kappa shape index (κ1) is 25.0. The predicted molar refractivity (Wildman–Crippen MR) is 138 cm³/mol. The number of ether oxygens (including phenoxy) is 1. The van der Waals surface area contributed by atoms with Gasteiger partial charge in [0, 0.05) is 62.3 Å². The Morgan fingerprint density at radius 1 is 1.11 bits per heavy atom. The van der Waals surface area contributed by atoms with Gasteiger partial charge in [-0.3, -0.25) is 4.90 Å². The van der Waals surface area contributed by atoms with Crippen LogP contribution in [0.15, 0.2) is 60.9 Å². The summed E-state index contributed by atoms with van der Waals surface area (Å²) in [6.45, 7) is 7.20. The number of aromatic nitrogens is 3. The number of rotatable bonds is 12. The van der Waals surface area contributed by atoms with E-state index in [1.807, 2.05) is 42.1 Å². The molecule has 2 N–H and O–H groups in total. The van der Waals surface area contributed by atoms with Crippen LogP contribution in [0, 0.1) is 13.8 Å². The Labute approximate surface area is 207 Å². The van der Waals surface area contributed by atoms with Crippen LogP contribution in [0.1, 0.15) is 29.1 Å². The van der Waals surface area contributed by atoms with Crippen LogP contribution in [0.25, 0.3) is 10.9 Å². The average molecular weight is 477 g/mol. The molecule has 2 heterocycles. The molecule has 0 spiro atoms. The summed E-state index contributed by atoms with van der Waals surface area (Å²) in [4.78, 5) is 6.51. The molecule has 0 amide bonds. The smallest absolute Gasteiger partial charge is 0.146 e. The molecule has 0 radical (unpaired) electrons. The average Bonchev–Trinajstić information content (AvgIpc) is 3.37. The molecule has 0 aliphatic carbocycles. The minimum absolute atomic E-state index is 0.125. The summed E-state index contributed by atoms with van der Waals surface area (Å²) in [6.07, 6.45) is 3.79. The third kappa shape index (κ3) is 6.11. The molecule has 7 heteroatoms. The number of benzene rings is 2. The number of imidazole rings is 1. The van der Waals surface area contributed by atoms with Crippen LogP contribution in [0.2, 0.25) is 0 Å². The van der Waals surface area contributed by atoms with Gasteiger partial charge in [0.25, 0.3) is 0 Å². The standard InChI is InChI=1S/C28H36N4O3/c1-21-22(2)32(27-11-5-4-10-26(21)27)19-24(34)18-31(13-7-15-33)17-23-8-6-9-25(16-23)35-20-28-29-12-14-30(28)3/h4-6,8-12,14,16,24,33-34H,7,13,15,17-20H2,1-3H3/t24-/m0/s1. The van der Waals surface area contributed by atoms with E-state index in [2.05, 4.69) is 52.6 Å². The van der Waals surface area contributed by atoms with Gasteiger partial charge in [0.05, 0.1) is 12.6 Å². The molecule has 1 atom stereocenters. The molecule has 0 saturated heterocycles. The molecule has 7 nitrogen and oxygen atoms in total. The number of aliphatic hydroxyl groups excluding tert-OH is 2. The molecular weight excluding hydrogens is 440 g/mol. The summed E-state index contributed by atoms with van der Waals surface area (Å²) in [5.41, 5.74) is 4.70.